The first-order valence-corrected chi connectivity index (χ1v) is 11.2. The molecule has 0 saturated carbocycles. The number of carboxylic acid groups (broad SMARTS) is 2. The number of aliphatic carboxylic acids is 2. The summed E-state index contributed by atoms with van der Waals surface area (Å²) < 4.78 is 0. The van der Waals surface area contributed by atoms with E-state index in [2.05, 4.69) is 28.6 Å². The van der Waals surface area contributed by atoms with Crippen LogP contribution < -0.4 is 21.7 Å². The van der Waals surface area contributed by atoms with Crippen LogP contribution in [0.5, 0.6) is 0 Å². The lowest BCUT2D eigenvalue weighted by atomic mass is 10.0. The van der Waals surface area contributed by atoms with E-state index in [1.807, 2.05) is 0 Å². The number of rotatable bonds is 14. The first-order chi connectivity index (χ1) is 13.9. The highest BCUT2D eigenvalue weighted by atomic mass is 32.2. The maximum Gasteiger partial charge on any atom is 0.326 e. The molecule has 0 rings (SSSR count). The Morgan fingerprint density at radius 2 is 1.53 bits per heavy atom. The van der Waals surface area contributed by atoms with Gasteiger partial charge >= 0.3 is 11.9 Å². The van der Waals surface area contributed by atoms with Crippen LogP contribution in [0.25, 0.3) is 0 Å². The summed E-state index contributed by atoms with van der Waals surface area (Å²) in [4.78, 5) is 59.6. The van der Waals surface area contributed by atoms with Crippen LogP contribution in [0.1, 0.15) is 26.7 Å². The van der Waals surface area contributed by atoms with Crippen LogP contribution in [0.4, 0.5) is 0 Å². The predicted molar refractivity (Wildman–Crippen MR) is 115 cm³/mol. The summed E-state index contributed by atoms with van der Waals surface area (Å²) in [6.45, 7) is 3.26. The smallest absolute Gasteiger partial charge is 0.326 e. The quantitative estimate of drug-likeness (QED) is 0.152. The molecule has 0 radical (unpaired) electrons. The molecule has 0 heterocycles. The minimum absolute atomic E-state index is 0.0170. The lowest BCUT2D eigenvalue weighted by Crippen LogP contribution is -2.59. The van der Waals surface area contributed by atoms with E-state index in [4.69, 9.17) is 10.8 Å². The monoisotopic (exact) mass is 466 g/mol. The second-order valence-electron chi connectivity index (χ2n) is 6.86. The van der Waals surface area contributed by atoms with E-state index in [0.717, 1.165) is 0 Å². The third-order valence-electron chi connectivity index (χ3n) is 4.02. The fraction of sp³-hybridized carbons (Fsp3) is 0.706. The molecular formula is C17H30N4O7S2. The van der Waals surface area contributed by atoms with Gasteiger partial charge in [0.05, 0.1) is 12.5 Å². The first-order valence-electron chi connectivity index (χ1n) is 9.15. The average Bonchev–Trinajstić information content (AvgIpc) is 2.66. The molecule has 0 aliphatic heterocycles. The van der Waals surface area contributed by atoms with Gasteiger partial charge in [0.25, 0.3) is 0 Å². The molecule has 3 amide bonds. The lowest BCUT2D eigenvalue weighted by molar-refractivity contribution is -0.143. The fourth-order valence-corrected chi connectivity index (χ4v) is 2.93. The molecule has 172 valence electrons. The topological polar surface area (TPSA) is 188 Å². The van der Waals surface area contributed by atoms with E-state index in [-0.39, 0.29) is 12.2 Å². The van der Waals surface area contributed by atoms with E-state index in [0.29, 0.717) is 5.75 Å². The number of hydrogen-bond donors (Lipinski definition) is 7. The van der Waals surface area contributed by atoms with Gasteiger partial charge in [-0.05, 0) is 24.3 Å². The lowest BCUT2D eigenvalue weighted by Gasteiger charge is -2.26. The Balaban J connectivity index is 5.35. The van der Waals surface area contributed by atoms with Gasteiger partial charge in [-0.1, -0.05) is 13.8 Å². The van der Waals surface area contributed by atoms with E-state index < -0.39 is 66.2 Å². The zero-order chi connectivity index (χ0) is 23.4. The van der Waals surface area contributed by atoms with Crippen LogP contribution in [-0.2, 0) is 24.0 Å². The Labute approximate surface area is 184 Å². The van der Waals surface area contributed by atoms with Gasteiger partial charge in [0, 0.05) is 5.75 Å². The third-order valence-corrected chi connectivity index (χ3v) is 5.05. The second kappa shape index (κ2) is 14.1. The number of thiol groups is 1. The molecule has 0 saturated heterocycles. The average molecular weight is 467 g/mol. The van der Waals surface area contributed by atoms with E-state index in [9.17, 15) is 29.1 Å². The Morgan fingerprint density at radius 1 is 0.967 bits per heavy atom. The normalized spacial score (nSPS) is 14.9. The van der Waals surface area contributed by atoms with Gasteiger partial charge in [-0.3, -0.25) is 19.2 Å². The molecule has 0 aromatic carbocycles. The number of carbonyl (C=O) groups excluding carboxylic acids is 3. The van der Waals surface area contributed by atoms with Crippen molar-refractivity contribution in [3.05, 3.63) is 0 Å². The minimum Gasteiger partial charge on any atom is -0.481 e. The predicted octanol–water partition coefficient (Wildman–Crippen LogP) is -1.33. The van der Waals surface area contributed by atoms with Gasteiger partial charge in [0.1, 0.15) is 18.1 Å². The van der Waals surface area contributed by atoms with E-state index in [1.54, 1.807) is 20.1 Å². The van der Waals surface area contributed by atoms with Crippen LogP contribution >= 0.6 is 24.4 Å². The van der Waals surface area contributed by atoms with Crippen molar-refractivity contribution in [2.75, 3.05) is 17.8 Å². The molecule has 30 heavy (non-hydrogen) atoms. The molecule has 11 nitrogen and oxygen atoms in total. The van der Waals surface area contributed by atoms with Crippen molar-refractivity contribution in [1.29, 1.82) is 0 Å². The molecule has 0 aliphatic rings. The second-order valence-corrected chi connectivity index (χ2v) is 8.21. The standard InChI is InChI=1S/C17H30N4O7S2/c1-8(2)13(16(26)19-10(17(27)28)4-5-30-3)21-15(25)11(6-12(22)23)20-14(24)9(18)7-29/h8-11,13,29H,4-7,18H2,1-3H3,(H,19,26)(H,20,24)(H,21,25)(H,22,23)(H,27,28). The number of carboxylic acids is 2. The molecule has 0 aliphatic carbocycles. The first kappa shape index (κ1) is 28.0. The summed E-state index contributed by atoms with van der Waals surface area (Å²) in [5.41, 5.74) is 5.53. The fourth-order valence-electron chi connectivity index (χ4n) is 2.29. The Morgan fingerprint density at radius 3 is 1.97 bits per heavy atom. The largest absolute Gasteiger partial charge is 0.481 e. The van der Waals surface area contributed by atoms with E-state index >= 15 is 0 Å². The third kappa shape index (κ3) is 10.2. The van der Waals surface area contributed by atoms with Crippen LogP contribution in [0.3, 0.4) is 0 Å². The van der Waals surface area contributed by atoms with Crippen molar-refractivity contribution in [2.24, 2.45) is 11.7 Å². The highest BCUT2D eigenvalue weighted by molar-refractivity contribution is 7.98. The SMILES string of the molecule is CSCCC(NC(=O)C(NC(=O)C(CC(=O)O)NC(=O)C(N)CS)C(C)C)C(=O)O. The Bertz CT molecular complexity index is 633. The van der Waals surface area contributed by atoms with Crippen LogP contribution in [0.2, 0.25) is 0 Å². The Kier molecular flexibility index (Phi) is 13.2. The molecule has 0 bridgehead atoms. The molecule has 0 aromatic heterocycles. The maximum atomic E-state index is 12.6. The number of hydrogen-bond acceptors (Lipinski definition) is 8. The molecular weight excluding hydrogens is 436 g/mol. The summed E-state index contributed by atoms with van der Waals surface area (Å²) in [6.07, 6.45) is 1.27. The highest BCUT2D eigenvalue weighted by Gasteiger charge is 2.32. The summed E-state index contributed by atoms with van der Waals surface area (Å²) in [5.74, 6) is -4.89. The van der Waals surface area contributed by atoms with E-state index in [1.165, 1.54) is 11.8 Å². The zero-order valence-corrected chi connectivity index (χ0v) is 18.8. The summed E-state index contributed by atoms with van der Waals surface area (Å²) in [6, 6.07) is -4.79. The molecule has 4 atom stereocenters. The summed E-state index contributed by atoms with van der Waals surface area (Å²) in [7, 11) is 0. The summed E-state index contributed by atoms with van der Waals surface area (Å²) >= 11 is 5.30. The molecule has 4 unspecified atom stereocenters. The van der Waals surface area contributed by atoms with Crippen molar-refractivity contribution in [3.63, 3.8) is 0 Å². The maximum absolute atomic E-state index is 12.6. The van der Waals surface area contributed by atoms with Crippen molar-refractivity contribution in [1.82, 2.24) is 16.0 Å². The minimum atomic E-state index is -1.47. The highest BCUT2D eigenvalue weighted by Crippen LogP contribution is 2.07. The number of nitrogens with one attached hydrogen (secondary N) is 3. The number of amides is 3. The molecule has 13 heteroatoms. The van der Waals surface area contributed by atoms with Gasteiger partial charge < -0.3 is 31.9 Å². The van der Waals surface area contributed by atoms with Crippen LogP contribution in [0, 0.1) is 5.92 Å². The van der Waals surface area contributed by atoms with Crippen LogP contribution in [-0.4, -0.2) is 81.8 Å². The van der Waals surface area contributed by atoms with Crippen LogP contribution in [0.15, 0.2) is 0 Å². The Hall–Kier alpha value is -1.99. The van der Waals surface area contributed by atoms with Crippen molar-refractivity contribution < 1.29 is 34.2 Å². The molecule has 0 aromatic rings. The van der Waals surface area contributed by atoms with Crippen molar-refractivity contribution in [2.45, 2.75) is 50.9 Å². The van der Waals surface area contributed by atoms with Crippen molar-refractivity contribution in [3.8, 4) is 0 Å². The van der Waals surface area contributed by atoms with Gasteiger partial charge in [-0.2, -0.15) is 24.4 Å². The number of thioether (sulfide) groups is 1. The number of nitrogens with two attached hydrogens (primary N) is 1. The van der Waals surface area contributed by atoms with Gasteiger partial charge in [0.2, 0.25) is 17.7 Å². The van der Waals surface area contributed by atoms with Crippen molar-refractivity contribution >= 4 is 54.1 Å². The molecule has 0 fully saturated rings. The van der Waals surface area contributed by atoms with Gasteiger partial charge in [0.15, 0.2) is 0 Å². The van der Waals surface area contributed by atoms with Gasteiger partial charge in [-0.15, -0.1) is 0 Å². The number of carbonyl (C=O) groups is 5. The zero-order valence-electron chi connectivity index (χ0n) is 17.1. The van der Waals surface area contributed by atoms with Gasteiger partial charge in [-0.25, -0.2) is 4.79 Å². The molecule has 7 N–H and O–H groups in total. The summed E-state index contributed by atoms with van der Waals surface area (Å²) in [5, 5.41) is 25.3. The molecule has 0 spiro atoms.